The molecule has 0 aliphatic rings. The third-order valence-corrected chi connectivity index (χ3v) is 2.91. The number of halogens is 2. The highest BCUT2D eigenvalue weighted by molar-refractivity contribution is 9.10. The van der Waals surface area contributed by atoms with Crippen LogP contribution in [0.1, 0.15) is 12.8 Å². The van der Waals surface area contributed by atoms with Gasteiger partial charge in [-0.3, -0.25) is 0 Å². The van der Waals surface area contributed by atoms with Crippen LogP contribution in [0.2, 0.25) is 0 Å². The van der Waals surface area contributed by atoms with E-state index in [0.717, 1.165) is 15.8 Å². The Morgan fingerprint density at radius 3 is 2.82 bits per heavy atom. The molecule has 2 aromatic rings. The van der Waals surface area contributed by atoms with Crippen LogP contribution in [0.15, 0.2) is 27.1 Å². The molecule has 0 amide bonds. The van der Waals surface area contributed by atoms with Crippen LogP contribution >= 0.6 is 27.5 Å². The van der Waals surface area contributed by atoms with Crippen molar-refractivity contribution in [1.29, 1.82) is 0 Å². The lowest BCUT2D eigenvalue weighted by atomic mass is 10.2. The molecule has 4 nitrogen and oxygen atoms in total. The number of ether oxygens (including phenoxy) is 1. The van der Waals surface area contributed by atoms with Gasteiger partial charge in [0.2, 0.25) is 11.8 Å². The molecular weight excluding hydrogens is 307 g/mol. The average Bonchev–Trinajstić information content (AvgIpc) is 2.80. The Labute approximate surface area is 112 Å². The molecule has 0 spiro atoms. The number of nitrogens with zero attached hydrogens (tertiary/aromatic N) is 2. The van der Waals surface area contributed by atoms with Crippen molar-refractivity contribution in [3.8, 4) is 17.2 Å². The Hall–Kier alpha value is -1.07. The lowest BCUT2D eigenvalue weighted by Gasteiger charge is -2.05. The minimum atomic E-state index is 0.213. The van der Waals surface area contributed by atoms with E-state index in [1.54, 1.807) is 0 Å². The van der Waals surface area contributed by atoms with Crippen LogP contribution in [0, 0.1) is 0 Å². The van der Waals surface area contributed by atoms with E-state index >= 15 is 0 Å². The molecule has 1 aromatic heterocycles. The molecular formula is C11H10BrClN2O2. The van der Waals surface area contributed by atoms with Crippen molar-refractivity contribution in [3.05, 3.63) is 28.6 Å². The predicted octanol–water partition coefficient (Wildman–Crippen LogP) is 3.64. The maximum Gasteiger partial charge on any atom is 0.247 e. The van der Waals surface area contributed by atoms with Gasteiger partial charge in [0.05, 0.1) is 11.1 Å². The fourth-order valence-electron chi connectivity index (χ4n) is 1.33. The fourth-order valence-corrected chi connectivity index (χ4v) is 1.93. The van der Waals surface area contributed by atoms with E-state index in [0.29, 0.717) is 18.4 Å². The molecule has 0 unspecified atom stereocenters. The summed E-state index contributed by atoms with van der Waals surface area (Å²) in [5.41, 5.74) is 0.823. The van der Waals surface area contributed by atoms with Crippen LogP contribution in [0.4, 0.5) is 0 Å². The molecule has 0 bridgehead atoms. The van der Waals surface area contributed by atoms with Crippen molar-refractivity contribution in [2.45, 2.75) is 12.8 Å². The number of hydrogen-bond donors (Lipinski definition) is 0. The molecule has 2 rings (SSSR count). The van der Waals surface area contributed by atoms with Gasteiger partial charge in [-0.05, 0) is 41.1 Å². The van der Waals surface area contributed by atoms with Gasteiger partial charge in [-0.15, -0.1) is 21.8 Å². The lowest BCUT2D eigenvalue weighted by molar-refractivity contribution is 0.338. The first-order valence-corrected chi connectivity index (χ1v) is 6.38. The Morgan fingerprint density at radius 2 is 2.24 bits per heavy atom. The summed E-state index contributed by atoms with van der Waals surface area (Å²) in [4.78, 5) is 0. The summed E-state index contributed by atoms with van der Waals surface area (Å²) in [6.07, 6.45) is 0. The smallest absolute Gasteiger partial charge is 0.247 e. The zero-order valence-electron chi connectivity index (χ0n) is 9.11. The lowest BCUT2D eigenvalue weighted by Crippen LogP contribution is -1.92. The van der Waals surface area contributed by atoms with E-state index in [9.17, 15) is 0 Å². The van der Waals surface area contributed by atoms with E-state index in [-0.39, 0.29) is 5.88 Å². The maximum absolute atomic E-state index is 5.60. The van der Waals surface area contributed by atoms with Gasteiger partial charge < -0.3 is 9.15 Å². The molecule has 1 heterocycles. The first-order chi connectivity index (χ1) is 8.24. The molecule has 0 fully saturated rings. The van der Waals surface area contributed by atoms with Crippen LogP contribution in [0.25, 0.3) is 11.5 Å². The average molecular weight is 318 g/mol. The molecule has 0 saturated heterocycles. The second-order valence-electron chi connectivity index (χ2n) is 3.21. The van der Waals surface area contributed by atoms with Crippen LogP contribution in [0.5, 0.6) is 5.75 Å². The Morgan fingerprint density at radius 1 is 1.41 bits per heavy atom. The largest absolute Gasteiger partial charge is 0.493 e. The monoisotopic (exact) mass is 316 g/mol. The molecule has 0 atom stereocenters. The van der Waals surface area contributed by atoms with E-state index in [4.69, 9.17) is 20.8 Å². The Kier molecular flexibility index (Phi) is 4.02. The summed E-state index contributed by atoms with van der Waals surface area (Å²) >= 11 is 9.03. The molecule has 17 heavy (non-hydrogen) atoms. The van der Waals surface area contributed by atoms with Crippen molar-refractivity contribution in [2.24, 2.45) is 0 Å². The molecule has 0 aliphatic carbocycles. The molecule has 90 valence electrons. The van der Waals surface area contributed by atoms with Crippen molar-refractivity contribution >= 4 is 27.5 Å². The third kappa shape index (κ3) is 2.79. The number of alkyl halides is 1. The summed E-state index contributed by atoms with van der Waals surface area (Å²) in [6.45, 7) is 2.56. The highest BCUT2D eigenvalue weighted by atomic mass is 79.9. The molecule has 1 aromatic carbocycles. The van der Waals surface area contributed by atoms with E-state index in [2.05, 4.69) is 26.1 Å². The molecule has 0 saturated carbocycles. The Bertz CT molecular complexity index is 516. The summed E-state index contributed by atoms with van der Waals surface area (Å²) in [7, 11) is 0. The number of hydrogen-bond acceptors (Lipinski definition) is 4. The standard InChI is InChI=1S/C11H10BrClN2O2/c1-2-16-9-4-3-7(5-8(9)12)11-15-14-10(6-13)17-11/h3-5H,2,6H2,1H3. The minimum Gasteiger partial charge on any atom is -0.493 e. The second-order valence-corrected chi connectivity index (χ2v) is 4.33. The summed E-state index contributed by atoms with van der Waals surface area (Å²) < 4.78 is 11.6. The first kappa shape index (κ1) is 12.4. The second kappa shape index (κ2) is 5.51. The number of benzene rings is 1. The minimum absolute atomic E-state index is 0.213. The topological polar surface area (TPSA) is 48.2 Å². The van der Waals surface area contributed by atoms with Crippen LogP contribution in [0.3, 0.4) is 0 Å². The SMILES string of the molecule is CCOc1ccc(-c2nnc(CCl)o2)cc1Br. The quantitative estimate of drug-likeness (QED) is 0.808. The van der Waals surface area contributed by atoms with E-state index < -0.39 is 0 Å². The van der Waals surface area contributed by atoms with Gasteiger partial charge in [-0.2, -0.15) is 0 Å². The van der Waals surface area contributed by atoms with Gasteiger partial charge in [0.1, 0.15) is 11.6 Å². The predicted molar refractivity (Wildman–Crippen MR) is 68.2 cm³/mol. The van der Waals surface area contributed by atoms with Crippen molar-refractivity contribution in [1.82, 2.24) is 10.2 Å². The summed E-state index contributed by atoms with van der Waals surface area (Å²) in [5.74, 6) is 1.86. The summed E-state index contributed by atoms with van der Waals surface area (Å²) in [5, 5.41) is 7.72. The van der Waals surface area contributed by atoms with Crippen molar-refractivity contribution in [2.75, 3.05) is 6.61 Å². The maximum atomic E-state index is 5.60. The van der Waals surface area contributed by atoms with Crippen LogP contribution in [-0.4, -0.2) is 16.8 Å². The zero-order chi connectivity index (χ0) is 12.3. The van der Waals surface area contributed by atoms with Gasteiger partial charge >= 0.3 is 0 Å². The van der Waals surface area contributed by atoms with Crippen molar-refractivity contribution < 1.29 is 9.15 Å². The van der Waals surface area contributed by atoms with E-state index in [1.165, 1.54) is 0 Å². The Balaban J connectivity index is 2.30. The van der Waals surface area contributed by atoms with Gasteiger partial charge in [0.25, 0.3) is 0 Å². The van der Waals surface area contributed by atoms with Gasteiger partial charge in [0.15, 0.2) is 0 Å². The van der Waals surface area contributed by atoms with Gasteiger partial charge in [0, 0.05) is 5.56 Å². The normalized spacial score (nSPS) is 10.5. The number of aromatic nitrogens is 2. The fraction of sp³-hybridized carbons (Fsp3) is 0.273. The number of rotatable bonds is 4. The molecule has 6 heteroatoms. The zero-order valence-corrected chi connectivity index (χ0v) is 11.5. The molecule has 0 radical (unpaired) electrons. The third-order valence-electron chi connectivity index (χ3n) is 2.06. The highest BCUT2D eigenvalue weighted by Crippen LogP contribution is 2.30. The van der Waals surface area contributed by atoms with Gasteiger partial charge in [-0.25, -0.2) is 0 Å². The van der Waals surface area contributed by atoms with E-state index in [1.807, 2.05) is 25.1 Å². The van der Waals surface area contributed by atoms with Crippen LogP contribution < -0.4 is 4.74 Å². The van der Waals surface area contributed by atoms with Crippen LogP contribution in [-0.2, 0) is 5.88 Å². The summed E-state index contributed by atoms with van der Waals surface area (Å²) in [6, 6.07) is 5.59. The van der Waals surface area contributed by atoms with Crippen molar-refractivity contribution in [3.63, 3.8) is 0 Å². The first-order valence-electron chi connectivity index (χ1n) is 5.05. The van der Waals surface area contributed by atoms with Gasteiger partial charge in [-0.1, -0.05) is 0 Å². The molecule has 0 aliphatic heterocycles. The highest BCUT2D eigenvalue weighted by Gasteiger charge is 2.10. The molecule has 0 N–H and O–H groups in total.